The number of nitrogens with zero attached hydrogens (tertiary/aromatic N) is 2. The molecule has 0 fully saturated rings. The van der Waals surface area contributed by atoms with Gasteiger partial charge < -0.3 is 5.73 Å². The molecule has 0 amide bonds. The van der Waals surface area contributed by atoms with Gasteiger partial charge in [-0.15, -0.1) is 0 Å². The zero-order valence-electron chi connectivity index (χ0n) is 10.1. The monoisotopic (exact) mass is 266 g/mol. The maximum Gasteiger partial charge on any atom is 0.231 e. The van der Waals surface area contributed by atoms with Gasteiger partial charge in [-0.3, -0.25) is 9.40 Å². The van der Waals surface area contributed by atoms with Crippen LogP contribution in [0.5, 0.6) is 0 Å². The number of aromatic nitrogens is 2. The standard InChI is InChI=1S/C11H14N4O2S/c1-15(18(2,16)17)9-5-3-8(4-6-9)10-7-13-14-11(10)12/h3-7H,1-2H3,(H3,12,13,14). The van der Waals surface area contributed by atoms with Gasteiger partial charge in [0.25, 0.3) is 0 Å². The summed E-state index contributed by atoms with van der Waals surface area (Å²) in [7, 11) is -1.73. The highest BCUT2D eigenvalue weighted by Gasteiger charge is 2.12. The molecule has 6 nitrogen and oxygen atoms in total. The minimum absolute atomic E-state index is 0.485. The molecule has 96 valence electrons. The van der Waals surface area contributed by atoms with E-state index >= 15 is 0 Å². The van der Waals surface area contributed by atoms with Gasteiger partial charge in [0.15, 0.2) is 0 Å². The van der Waals surface area contributed by atoms with Gasteiger partial charge in [0.05, 0.1) is 18.1 Å². The van der Waals surface area contributed by atoms with E-state index in [2.05, 4.69) is 10.2 Å². The fraction of sp³-hybridized carbons (Fsp3) is 0.182. The summed E-state index contributed by atoms with van der Waals surface area (Å²) in [6.45, 7) is 0. The minimum atomic E-state index is -3.24. The molecule has 0 bridgehead atoms. The van der Waals surface area contributed by atoms with Crippen LogP contribution in [0.25, 0.3) is 11.1 Å². The number of rotatable bonds is 3. The fourth-order valence-corrected chi connectivity index (χ4v) is 2.07. The first-order valence-corrected chi connectivity index (χ1v) is 7.07. The molecule has 0 saturated carbocycles. The van der Waals surface area contributed by atoms with Gasteiger partial charge in [0, 0.05) is 12.6 Å². The first-order chi connectivity index (χ1) is 8.39. The highest BCUT2D eigenvalue weighted by atomic mass is 32.2. The summed E-state index contributed by atoms with van der Waals surface area (Å²) >= 11 is 0. The predicted octanol–water partition coefficient (Wildman–Crippen LogP) is 1.05. The number of nitrogens with two attached hydrogens (primary N) is 1. The Kier molecular flexibility index (Phi) is 3.00. The van der Waals surface area contributed by atoms with E-state index in [4.69, 9.17) is 5.73 Å². The van der Waals surface area contributed by atoms with Gasteiger partial charge in [-0.2, -0.15) is 5.10 Å². The topological polar surface area (TPSA) is 92.1 Å². The Hall–Kier alpha value is -2.02. The van der Waals surface area contributed by atoms with E-state index in [1.165, 1.54) is 11.4 Å². The molecular weight excluding hydrogens is 252 g/mol. The normalized spacial score (nSPS) is 11.4. The van der Waals surface area contributed by atoms with Gasteiger partial charge in [-0.25, -0.2) is 8.42 Å². The Morgan fingerprint density at radius 2 is 1.89 bits per heavy atom. The van der Waals surface area contributed by atoms with E-state index in [-0.39, 0.29) is 0 Å². The Balaban J connectivity index is 2.35. The molecule has 1 aromatic carbocycles. The molecule has 0 saturated heterocycles. The van der Waals surface area contributed by atoms with Crippen LogP contribution in [0.2, 0.25) is 0 Å². The summed E-state index contributed by atoms with van der Waals surface area (Å²) in [6, 6.07) is 7.06. The van der Waals surface area contributed by atoms with Crippen molar-refractivity contribution in [2.45, 2.75) is 0 Å². The van der Waals surface area contributed by atoms with Gasteiger partial charge >= 0.3 is 0 Å². The van der Waals surface area contributed by atoms with Gasteiger partial charge in [-0.1, -0.05) is 12.1 Å². The lowest BCUT2D eigenvalue weighted by Gasteiger charge is -2.16. The zero-order chi connectivity index (χ0) is 13.3. The molecule has 0 atom stereocenters. The molecule has 7 heteroatoms. The number of benzene rings is 1. The second kappa shape index (κ2) is 4.34. The third-order valence-electron chi connectivity index (χ3n) is 2.71. The predicted molar refractivity (Wildman–Crippen MR) is 71.7 cm³/mol. The quantitative estimate of drug-likeness (QED) is 0.868. The number of nitrogen functional groups attached to an aromatic ring is 1. The second-order valence-corrected chi connectivity index (χ2v) is 5.99. The van der Waals surface area contributed by atoms with Crippen molar-refractivity contribution in [1.82, 2.24) is 10.2 Å². The molecule has 1 aromatic heterocycles. The van der Waals surface area contributed by atoms with Crippen LogP contribution >= 0.6 is 0 Å². The SMILES string of the molecule is CN(c1ccc(-c2cn[nH]c2N)cc1)S(C)(=O)=O. The lowest BCUT2D eigenvalue weighted by molar-refractivity contribution is 0.600. The zero-order valence-corrected chi connectivity index (χ0v) is 10.9. The highest BCUT2D eigenvalue weighted by Crippen LogP contribution is 2.26. The molecule has 0 unspecified atom stereocenters. The van der Waals surface area contributed by atoms with Crippen LogP contribution < -0.4 is 10.0 Å². The maximum absolute atomic E-state index is 11.4. The van der Waals surface area contributed by atoms with Crippen molar-refractivity contribution in [2.24, 2.45) is 0 Å². The van der Waals surface area contributed by atoms with Crippen molar-refractivity contribution in [1.29, 1.82) is 0 Å². The van der Waals surface area contributed by atoms with Crippen molar-refractivity contribution < 1.29 is 8.42 Å². The fourth-order valence-electron chi connectivity index (χ4n) is 1.57. The molecule has 0 spiro atoms. The Morgan fingerprint density at radius 1 is 1.28 bits per heavy atom. The number of hydrogen-bond donors (Lipinski definition) is 2. The van der Waals surface area contributed by atoms with Crippen LogP contribution in [0.3, 0.4) is 0 Å². The number of H-pyrrole nitrogens is 1. The van der Waals surface area contributed by atoms with Crippen LogP contribution in [0.15, 0.2) is 30.5 Å². The van der Waals surface area contributed by atoms with E-state index in [1.54, 1.807) is 30.5 Å². The van der Waals surface area contributed by atoms with Crippen LogP contribution in [-0.2, 0) is 10.0 Å². The summed E-state index contributed by atoms with van der Waals surface area (Å²) in [5.74, 6) is 0.485. The molecule has 0 radical (unpaired) electrons. The van der Waals surface area contributed by atoms with Crippen molar-refractivity contribution in [3.8, 4) is 11.1 Å². The molecule has 0 aliphatic heterocycles. The molecule has 2 rings (SSSR count). The molecule has 3 N–H and O–H groups in total. The van der Waals surface area contributed by atoms with Crippen molar-refractivity contribution in [3.05, 3.63) is 30.5 Å². The molecule has 1 heterocycles. The highest BCUT2D eigenvalue weighted by molar-refractivity contribution is 7.92. The smallest absolute Gasteiger partial charge is 0.231 e. The summed E-state index contributed by atoms with van der Waals surface area (Å²) in [5.41, 5.74) is 7.99. The van der Waals surface area contributed by atoms with Crippen LogP contribution in [0, 0.1) is 0 Å². The molecule has 18 heavy (non-hydrogen) atoms. The Labute approximate surface area is 105 Å². The van der Waals surface area contributed by atoms with E-state index in [0.717, 1.165) is 17.4 Å². The third-order valence-corrected chi connectivity index (χ3v) is 3.91. The molecule has 2 aromatic rings. The average molecular weight is 266 g/mol. The molecule has 0 aliphatic carbocycles. The number of hydrogen-bond acceptors (Lipinski definition) is 4. The maximum atomic E-state index is 11.4. The summed E-state index contributed by atoms with van der Waals surface area (Å²) in [6.07, 6.45) is 2.79. The third kappa shape index (κ3) is 2.30. The number of anilines is 2. The second-order valence-electron chi connectivity index (χ2n) is 3.97. The van der Waals surface area contributed by atoms with Crippen LogP contribution in [0.1, 0.15) is 0 Å². The molecule has 0 aliphatic rings. The van der Waals surface area contributed by atoms with Crippen molar-refractivity contribution in [3.63, 3.8) is 0 Å². The van der Waals surface area contributed by atoms with Gasteiger partial charge in [-0.05, 0) is 17.7 Å². The summed E-state index contributed by atoms with van der Waals surface area (Å²) in [4.78, 5) is 0. The van der Waals surface area contributed by atoms with E-state index < -0.39 is 10.0 Å². The summed E-state index contributed by atoms with van der Waals surface area (Å²) in [5, 5.41) is 6.49. The first kappa shape index (κ1) is 12.4. The summed E-state index contributed by atoms with van der Waals surface area (Å²) < 4.78 is 24.0. The first-order valence-electron chi connectivity index (χ1n) is 5.23. The van der Waals surface area contributed by atoms with E-state index in [9.17, 15) is 8.42 Å². The van der Waals surface area contributed by atoms with E-state index in [1.807, 2.05) is 0 Å². The number of nitrogens with one attached hydrogen (secondary N) is 1. The van der Waals surface area contributed by atoms with Crippen molar-refractivity contribution >= 4 is 21.5 Å². The number of sulfonamides is 1. The Bertz CT molecular complexity index is 646. The lowest BCUT2D eigenvalue weighted by atomic mass is 10.1. The van der Waals surface area contributed by atoms with Crippen LogP contribution in [-0.4, -0.2) is 31.9 Å². The van der Waals surface area contributed by atoms with Crippen LogP contribution in [0.4, 0.5) is 11.5 Å². The van der Waals surface area contributed by atoms with E-state index in [0.29, 0.717) is 11.5 Å². The minimum Gasteiger partial charge on any atom is -0.384 e. The largest absolute Gasteiger partial charge is 0.384 e. The average Bonchev–Trinajstić information content (AvgIpc) is 2.73. The molecular formula is C11H14N4O2S. The van der Waals surface area contributed by atoms with Gasteiger partial charge in [0.1, 0.15) is 5.82 Å². The van der Waals surface area contributed by atoms with Crippen molar-refractivity contribution in [2.75, 3.05) is 23.3 Å². The van der Waals surface area contributed by atoms with Gasteiger partial charge in [0.2, 0.25) is 10.0 Å². The lowest BCUT2D eigenvalue weighted by Crippen LogP contribution is -2.24. The Morgan fingerprint density at radius 3 is 2.33 bits per heavy atom. The number of aromatic amines is 1.